The lowest BCUT2D eigenvalue weighted by Gasteiger charge is -2.05. The van der Waals surface area contributed by atoms with Gasteiger partial charge < -0.3 is 0 Å². The van der Waals surface area contributed by atoms with Crippen LogP contribution in [-0.2, 0) is 10.0 Å². The molecule has 0 bridgehead atoms. The summed E-state index contributed by atoms with van der Waals surface area (Å²) in [5.41, 5.74) is 0. The lowest BCUT2D eigenvalue weighted by molar-refractivity contribution is 0.600. The van der Waals surface area contributed by atoms with Crippen molar-refractivity contribution < 1.29 is 8.42 Å². The van der Waals surface area contributed by atoms with Crippen LogP contribution in [0.4, 0.5) is 5.82 Å². The van der Waals surface area contributed by atoms with Crippen molar-refractivity contribution in [1.29, 1.82) is 0 Å². The van der Waals surface area contributed by atoms with Gasteiger partial charge in [-0.3, -0.25) is 4.72 Å². The van der Waals surface area contributed by atoms with Crippen LogP contribution in [0.15, 0.2) is 12.3 Å². The second kappa shape index (κ2) is 5.48. The van der Waals surface area contributed by atoms with E-state index in [1.54, 1.807) is 0 Å². The molecule has 1 rings (SSSR count). The van der Waals surface area contributed by atoms with Crippen LogP contribution in [-0.4, -0.2) is 30.0 Å². The third-order valence-electron chi connectivity index (χ3n) is 1.43. The van der Waals surface area contributed by atoms with E-state index in [0.717, 1.165) is 0 Å². The molecule has 15 heavy (non-hydrogen) atoms. The molecule has 1 heterocycles. The molecule has 0 atom stereocenters. The summed E-state index contributed by atoms with van der Waals surface area (Å²) in [5, 5.41) is -0.00690. The minimum atomic E-state index is -3.40. The highest BCUT2D eigenvalue weighted by atomic mass is 35.5. The van der Waals surface area contributed by atoms with Gasteiger partial charge in [0, 0.05) is 12.1 Å². The molecule has 1 N–H and O–H groups in total. The Kier molecular flexibility index (Phi) is 4.56. The molecule has 84 valence electrons. The zero-order valence-corrected chi connectivity index (χ0v) is 9.98. The topological polar surface area (TPSA) is 72.0 Å². The summed E-state index contributed by atoms with van der Waals surface area (Å²) in [7, 11) is -3.40. The smallest absolute Gasteiger partial charge is 0.233 e. The molecule has 1 aromatic rings. The minimum absolute atomic E-state index is 0.00690. The van der Waals surface area contributed by atoms with Crippen molar-refractivity contribution in [3.05, 3.63) is 17.5 Å². The molecule has 5 nitrogen and oxygen atoms in total. The highest BCUT2D eigenvalue weighted by molar-refractivity contribution is 7.92. The summed E-state index contributed by atoms with van der Waals surface area (Å²) in [6.45, 7) is 0. The van der Waals surface area contributed by atoms with E-state index < -0.39 is 10.0 Å². The summed E-state index contributed by atoms with van der Waals surface area (Å²) in [6, 6.07) is 1.42. The number of sulfonamides is 1. The van der Waals surface area contributed by atoms with E-state index in [0.29, 0.717) is 12.3 Å². The first-order valence-corrected chi connectivity index (χ1v) is 6.65. The van der Waals surface area contributed by atoms with Gasteiger partial charge in [0.1, 0.15) is 5.82 Å². The Labute approximate surface area is 97.9 Å². The number of rotatable bonds is 5. The van der Waals surface area contributed by atoms with E-state index >= 15 is 0 Å². The molecule has 0 aliphatic carbocycles. The number of halogens is 2. The second-order valence-corrected chi connectivity index (χ2v) is 5.23. The van der Waals surface area contributed by atoms with E-state index in [4.69, 9.17) is 23.2 Å². The van der Waals surface area contributed by atoms with Gasteiger partial charge >= 0.3 is 0 Å². The monoisotopic (exact) mass is 269 g/mol. The maximum absolute atomic E-state index is 11.4. The number of hydrogen-bond acceptors (Lipinski definition) is 4. The highest BCUT2D eigenvalue weighted by Gasteiger charge is 2.10. The van der Waals surface area contributed by atoms with Crippen molar-refractivity contribution in [2.75, 3.05) is 16.4 Å². The number of hydrogen-bond donors (Lipinski definition) is 1. The number of aromatic nitrogens is 2. The van der Waals surface area contributed by atoms with Crippen LogP contribution < -0.4 is 4.72 Å². The number of nitrogens with one attached hydrogen (secondary N) is 1. The van der Waals surface area contributed by atoms with Crippen molar-refractivity contribution in [3.63, 3.8) is 0 Å². The van der Waals surface area contributed by atoms with Gasteiger partial charge in [0.2, 0.25) is 15.3 Å². The van der Waals surface area contributed by atoms with E-state index in [1.165, 1.54) is 12.3 Å². The van der Waals surface area contributed by atoms with Crippen LogP contribution in [0.1, 0.15) is 6.42 Å². The average Bonchev–Trinajstić information content (AvgIpc) is 2.14. The van der Waals surface area contributed by atoms with Gasteiger partial charge in [0.15, 0.2) is 0 Å². The van der Waals surface area contributed by atoms with Gasteiger partial charge in [-0.25, -0.2) is 13.4 Å². The van der Waals surface area contributed by atoms with Gasteiger partial charge in [-0.05, 0) is 24.1 Å². The molecule has 0 radical (unpaired) electrons. The zero-order valence-electron chi connectivity index (χ0n) is 7.65. The molecule has 0 saturated heterocycles. The van der Waals surface area contributed by atoms with Crippen molar-refractivity contribution in [3.8, 4) is 0 Å². The van der Waals surface area contributed by atoms with Crippen LogP contribution in [0, 0.1) is 0 Å². The number of nitrogens with zero attached hydrogens (tertiary/aromatic N) is 2. The average molecular weight is 270 g/mol. The third-order valence-corrected chi connectivity index (χ3v) is 3.23. The molecular formula is C7H9Cl2N3O2S. The quantitative estimate of drug-likeness (QED) is 0.650. The summed E-state index contributed by atoms with van der Waals surface area (Å²) in [5.74, 6) is 0.411. The Bertz CT molecular complexity index is 424. The largest absolute Gasteiger partial charge is 0.267 e. The van der Waals surface area contributed by atoms with E-state index in [9.17, 15) is 8.42 Å². The summed E-state index contributed by atoms with van der Waals surface area (Å²) in [6.07, 6.45) is 1.75. The normalized spacial score (nSPS) is 11.3. The van der Waals surface area contributed by atoms with E-state index in [1.807, 2.05) is 0 Å². The number of anilines is 1. The zero-order chi connectivity index (χ0) is 11.3. The summed E-state index contributed by atoms with van der Waals surface area (Å²) in [4.78, 5) is 7.33. The maximum atomic E-state index is 11.4. The molecular weight excluding hydrogens is 261 g/mol. The fourth-order valence-electron chi connectivity index (χ4n) is 0.847. The van der Waals surface area contributed by atoms with Gasteiger partial charge in [0.25, 0.3) is 0 Å². The molecule has 0 unspecified atom stereocenters. The first-order chi connectivity index (χ1) is 7.03. The molecule has 0 fully saturated rings. The lowest BCUT2D eigenvalue weighted by atomic mass is 10.6. The fourth-order valence-corrected chi connectivity index (χ4v) is 2.34. The van der Waals surface area contributed by atoms with E-state index in [-0.39, 0.29) is 16.9 Å². The Morgan fingerprint density at radius 3 is 2.80 bits per heavy atom. The van der Waals surface area contributed by atoms with Crippen LogP contribution in [0.25, 0.3) is 0 Å². The molecule has 1 aromatic heterocycles. The molecule has 0 spiro atoms. The van der Waals surface area contributed by atoms with Gasteiger partial charge in [0.05, 0.1) is 5.75 Å². The molecule has 0 aromatic carbocycles. The maximum Gasteiger partial charge on any atom is 0.233 e. The molecule has 0 amide bonds. The van der Waals surface area contributed by atoms with Crippen LogP contribution in [0.5, 0.6) is 0 Å². The predicted octanol–water partition coefficient (Wildman–Crippen LogP) is 1.50. The molecule has 8 heteroatoms. The van der Waals surface area contributed by atoms with E-state index in [2.05, 4.69) is 14.7 Å². The van der Waals surface area contributed by atoms with Crippen LogP contribution in [0.2, 0.25) is 5.28 Å². The van der Waals surface area contributed by atoms with Crippen molar-refractivity contribution in [2.24, 2.45) is 0 Å². The first-order valence-electron chi connectivity index (χ1n) is 4.08. The Hall–Kier alpha value is -0.590. The fraction of sp³-hybridized carbons (Fsp3) is 0.429. The number of alkyl halides is 1. The molecule has 0 aliphatic heterocycles. The standard InChI is InChI=1S/C7H9Cl2N3O2S/c8-3-1-5-15(13,14)12-6-2-4-10-7(9)11-6/h2,4H,1,3,5H2,(H,10,11,12). The van der Waals surface area contributed by atoms with Gasteiger partial charge in [-0.2, -0.15) is 4.98 Å². The Morgan fingerprint density at radius 2 is 2.20 bits per heavy atom. The minimum Gasteiger partial charge on any atom is -0.267 e. The van der Waals surface area contributed by atoms with Crippen molar-refractivity contribution in [2.45, 2.75) is 6.42 Å². The van der Waals surface area contributed by atoms with Crippen LogP contribution >= 0.6 is 23.2 Å². The lowest BCUT2D eigenvalue weighted by Crippen LogP contribution is -2.17. The Balaban J connectivity index is 2.69. The molecule has 0 saturated carbocycles. The highest BCUT2D eigenvalue weighted by Crippen LogP contribution is 2.08. The third kappa shape index (κ3) is 4.63. The first kappa shape index (κ1) is 12.5. The summed E-state index contributed by atoms with van der Waals surface area (Å²) < 4.78 is 25.1. The van der Waals surface area contributed by atoms with Crippen molar-refractivity contribution in [1.82, 2.24) is 9.97 Å². The SMILES string of the molecule is O=S(=O)(CCCCl)Nc1ccnc(Cl)n1. The van der Waals surface area contributed by atoms with Crippen molar-refractivity contribution >= 4 is 39.0 Å². The van der Waals surface area contributed by atoms with Gasteiger partial charge in [-0.1, -0.05) is 0 Å². The van der Waals surface area contributed by atoms with Crippen LogP contribution in [0.3, 0.4) is 0 Å². The Morgan fingerprint density at radius 1 is 1.47 bits per heavy atom. The second-order valence-electron chi connectivity index (χ2n) is 2.67. The van der Waals surface area contributed by atoms with Gasteiger partial charge in [-0.15, -0.1) is 11.6 Å². The summed E-state index contributed by atoms with van der Waals surface area (Å²) >= 11 is 10.9. The molecule has 0 aliphatic rings. The predicted molar refractivity (Wildman–Crippen MR) is 59.8 cm³/mol.